The zero-order chi connectivity index (χ0) is 7.68. The van der Waals surface area contributed by atoms with Crippen LogP contribution in [0.2, 0.25) is 0 Å². The molecule has 0 bridgehead atoms. The highest BCUT2D eigenvalue weighted by atomic mass is 32.1. The summed E-state index contributed by atoms with van der Waals surface area (Å²) in [5, 5.41) is 1.33. The summed E-state index contributed by atoms with van der Waals surface area (Å²) < 4.78 is 0. The van der Waals surface area contributed by atoms with E-state index in [1.165, 1.54) is 22.7 Å². The van der Waals surface area contributed by atoms with E-state index in [0.29, 0.717) is 0 Å². The summed E-state index contributed by atoms with van der Waals surface area (Å²) in [5.74, 6) is 0.798. The molecular formula is C8H12N2S. The smallest absolute Gasteiger partial charge is 0.0958 e. The van der Waals surface area contributed by atoms with Crippen LogP contribution in [0.5, 0.6) is 0 Å². The van der Waals surface area contributed by atoms with E-state index in [0.717, 1.165) is 18.9 Å². The lowest BCUT2D eigenvalue weighted by atomic mass is 10.4. The van der Waals surface area contributed by atoms with Crippen LogP contribution in [0.15, 0.2) is 6.20 Å². The van der Waals surface area contributed by atoms with Gasteiger partial charge in [-0.3, -0.25) is 0 Å². The third-order valence-electron chi connectivity index (χ3n) is 1.89. The molecule has 1 aromatic rings. The average molecular weight is 168 g/mol. The third kappa shape index (κ3) is 1.60. The molecule has 0 unspecified atom stereocenters. The fourth-order valence-electron chi connectivity index (χ4n) is 1.10. The van der Waals surface area contributed by atoms with Gasteiger partial charge >= 0.3 is 0 Å². The van der Waals surface area contributed by atoms with Crippen molar-refractivity contribution < 1.29 is 0 Å². The molecule has 1 aliphatic rings. The minimum atomic E-state index is 0.742. The Balaban J connectivity index is 2.06. The van der Waals surface area contributed by atoms with E-state index in [-0.39, 0.29) is 0 Å². The molecule has 0 aliphatic heterocycles. The topological polar surface area (TPSA) is 38.9 Å². The van der Waals surface area contributed by atoms with Gasteiger partial charge in [0.1, 0.15) is 0 Å². The molecule has 2 nitrogen and oxygen atoms in total. The van der Waals surface area contributed by atoms with Gasteiger partial charge in [0.05, 0.1) is 5.01 Å². The van der Waals surface area contributed by atoms with Crippen molar-refractivity contribution in [2.45, 2.75) is 25.2 Å². The summed E-state index contributed by atoms with van der Waals surface area (Å²) in [6, 6.07) is 0. The van der Waals surface area contributed by atoms with Crippen LogP contribution in [0.4, 0.5) is 0 Å². The second kappa shape index (κ2) is 2.91. The molecule has 3 heteroatoms. The second-order valence-corrected chi connectivity index (χ2v) is 4.12. The number of nitrogens with zero attached hydrogens (tertiary/aromatic N) is 1. The van der Waals surface area contributed by atoms with Crippen molar-refractivity contribution in [3.63, 3.8) is 0 Å². The van der Waals surface area contributed by atoms with E-state index < -0.39 is 0 Å². The van der Waals surface area contributed by atoms with Crippen LogP contribution in [0.1, 0.15) is 28.6 Å². The maximum atomic E-state index is 5.44. The first-order valence-electron chi connectivity index (χ1n) is 4.05. The molecule has 2 rings (SSSR count). The third-order valence-corrected chi connectivity index (χ3v) is 3.11. The molecule has 1 fully saturated rings. The Bertz CT molecular complexity index is 240. The summed E-state index contributed by atoms with van der Waals surface area (Å²) in [6.07, 6.45) is 5.65. The fourth-order valence-corrected chi connectivity index (χ4v) is 2.20. The lowest BCUT2D eigenvalue weighted by Gasteiger charge is -1.87. The lowest BCUT2D eigenvalue weighted by Crippen LogP contribution is -2.00. The van der Waals surface area contributed by atoms with Gasteiger partial charge in [0, 0.05) is 17.0 Å². The van der Waals surface area contributed by atoms with Gasteiger partial charge in [-0.1, -0.05) is 0 Å². The molecule has 2 N–H and O–H groups in total. The molecular weight excluding hydrogens is 156 g/mol. The molecule has 0 saturated heterocycles. The molecule has 1 heterocycles. The quantitative estimate of drug-likeness (QED) is 0.743. The predicted octanol–water partition coefficient (Wildman–Crippen LogP) is 1.52. The molecule has 1 aliphatic carbocycles. The van der Waals surface area contributed by atoms with Crippen LogP contribution in [-0.4, -0.2) is 11.5 Å². The summed E-state index contributed by atoms with van der Waals surface area (Å²) >= 11 is 1.84. The maximum absolute atomic E-state index is 5.44. The van der Waals surface area contributed by atoms with Gasteiger partial charge in [-0.2, -0.15) is 0 Å². The Morgan fingerprint density at radius 2 is 2.45 bits per heavy atom. The first-order chi connectivity index (χ1) is 5.40. The van der Waals surface area contributed by atoms with Crippen molar-refractivity contribution >= 4 is 11.3 Å². The van der Waals surface area contributed by atoms with Gasteiger partial charge in [0.2, 0.25) is 0 Å². The Morgan fingerprint density at radius 1 is 1.64 bits per heavy atom. The van der Waals surface area contributed by atoms with Gasteiger partial charge in [-0.05, 0) is 25.8 Å². The minimum Gasteiger partial charge on any atom is -0.330 e. The van der Waals surface area contributed by atoms with Gasteiger partial charge < -0.3 is 5.73 Å². The summed E-state index contributed by atoms with van der Waals surface area (Å²) in [5.41, 5.74) is 5.44. The molecule has 0 radical (unpaired) electrons. The average Bonchev–Trinajstić information content (AvgIpc) is 2.75. The Kier molecular flexibility index (Phi) is 1.92. The standard InChI is InChI=1S/C8H12N2S/c9-4-3-7-5-10-8(11-7)6-1-2-6/h5-6H,1-4,9H2. The number of aromatic nitrogens is 1. The number of hydrogen-bond donors (Lipinski definition) is 1. The van der Waals surface area contributed by atoms with E-state index in [1.54, 1.807) is 0 Å². The molecule has 1 aromatic heterocycles. The highest BCUT2D eigenvalue weighted by Crippen LogP contribution is 2.41. The molecule has 1 saturated carbocycles. The van der Waals surface area contributed by atoms with Gasteiger partial charge in [0.15, 0.2) is 0 Å². The first kappa shape index (κ1) is 7.25. The van der Waals surface area contributed by atoms with Crippen molar-refractivity contribution in [2.75, 3.05) is 6.54 Å². The number of thiazole rings is 1. The van der Waals surface area contributed by atoms with Crippen LogP contribution < -0.4 is 5.73 Å². The molecule has 0 amide bonds. The Morgan fingerprint density at radius 3 is 3.09 bits per heavy atom. The van der Waals surface area contributed by atoms with E-state index in [9.17, 15) is 0 Å². The Hall–Kier alpha value is -0.410. The minimum absolute atomic E-state index is 0.742. The van der Waals surface area contributed by atoms with Crippen LogP contribution >= 0.6 is 11.3 Å². The van der Waals surface area contributed by atoms with Gasteiger partial charge in [-0.25, -0.2) is 4.98 Å². The maximum Gasteiger partial charge on any atom is 0.0958 e. The normalized spacial score (nSPS) is 17.2. The number of hydrogen-bond acceptors (Lipinski definition) is 3. The summed E-state index contributed by atoms with van der Waals surface area (Å²) in [7, 11) is 0. The van der Waals surface area contributed by atoms with Gasteiger partial charge in [-0.15, -0.1) is 11.3 Å². The largest absolute Gasteiger partial charge is 0.330 e. The van der Waals surface area contributed by atoms with Gasteiger partial charge in [0.25, 0.3) is 0 Å². The summed E-state index contributed by atoms with van der Waals surface area (Å²) in [4.78, 5) is 5.70. The molecule has 11 heavy (non-hydrogen) atoms. The van der Waals surface area contributed by atoms with E-state index >= 15 is 0 Å². The van der Waals surface area contributed by atoms with E-state index in [2.05, 4.69) is 4.98 Å². The number of nitrogens with two attached hydrogens (primary N) is 1. The molecule has 60 valence electrons. The Labute approximate surface area is 70.5 Å². The monoisotopic (exact) mass is 168 g/mol. The highest BCUT2D eigenvalue weighted by molar-refractivity contribution is 7.11. The van der Waals surface area contributed by atoms with Crippen molar-refractivity contribution in [1.82, 2.24) is 4.98 Å². The molecule has 0 atom stereocenters. The molecule has 0 aromatic carbocycles. The second-order valence-electron chi connectivity index (χ2n) is 2.98. The van der Waals surface area contributed by atoms with Crippen LogP contribution in [0.25, 0.3) is 0 Å². The lowest BCUT2D eigenvalue weighted by molar-refractivity contribution is 0.982. The van der Waals surface area contributed by atoms with Crippen molar-refractivity contribution in [3.8, 4) is 0 Å². The fraction of sp³-hybridized carbons (Fsp3) is 0.625. The van der Waals surface area contributed by atoms with Crippen LogP contribution in [0.3, 0.4) is 0 Å². The zero-order valence-corrected chi connectivity index (χ0v) is 7.23. The summed E-state index contributed by atoms with van der Waals surface area (Å²) in [6.45, 7) is 0.742. The van der Waals surface area contributed by atoms with Crippen molar-refractivity contribution in [1.29, 1.82) is 0 Å². The highest BCUT2D eigenvalue weighted by Gasteiger charge is 2.26. The predicted molar refractivity (Wildman–Crippen MR) is 46.8 cm³/mol. The van der Waals surface area contributed by atoms with Crippen molar-refractivity contribution in [2.24, 2.45) is 5.73 Å². The SMILES string of the molecule is NCCc1cnc(C2CC2)s1. The molecule has 0 spiro atoms. The van der Waals surface area contributed by atoms with Crippen molar-refractivity contribution in [3.05, 3.63) is 16.1 Å². The first-order valence-corrected chi connectivity index (χ1v) is 4.86. The van der Waals surface area contributed by atoms with E-state index in [4.69, 9.17) is 5.73 Å². The van der Waals surface area contributed by atoms with Crippen LogP contribution in [0, 0.1) is 0 Å². The van der Waals surface area contributed by atoms with E-state index in [1.807, 2.05) is 17.5 Å². The van der Waals surface area contributed by atoms with Crippen LogP contribution in [-0.2, 0) is 6.42 Å². The zero-order valence-electron chi connectivity index (χ0n) is 6.42. The number of rotatable bonds is 3.